The zero-order valence-electron chi connectivity index (χ0n) is 12.5. The van der Waals surface area contributed by atoms with E-state index < -0.39 is 10.8 Å². The highest BCUT2D eigenvalue weighted by molar-refractivity contribution is 5.97. The van der Waals surface area contributed by atoms with Gasteiger partial charge >= 0.3 is 0 Å². The van der Waals surface area contributed by atoms with E-state index in [1.165, 1.54) is 18.2 Å². The minimum Gasteiger partial charge on any atom is -0.343 e. The largest absolute Gasteiger partial charge is 0.343 e. The molecule has 1 aliphatic rings. The average Bonchev–Trinajstić information content (AvgIpc) is 2.53. The summed E-state index contributed by atoms with van der Waals surface area (Å²) in [5, 5.41) is 13.4. The van der Waals surface area contributed by atoms with Crippen LogP contribution < -0.4 is 5.32 Å². The second-order valence-corrected chi connectivity index (χ2v) is 5.38. The van der Waals surface area contributed by atoms with Gasteiger partial charge in [-0.05, 0) is 32.3 Å². The Morgan fingerprint density at radius 1 is 1.27 bits per heavy atom. The Morgan fingerprint density at radius 2 is 1.95 bits per heavy atom. The number of carbonyl (C=O) groups excluding carboxylic acids is 2. The van der Waals surface area contributed by atoms with Crippen LogP contribution in [0.3, 0.4) is 0 Å². The van der Waals surface area contributed by atoms with Crippen LogP contribution in [0, 0.1) is 17.0 Å². The van der Waals surface area contributed by atoms with Crippen LogP contribution in [0.5, 0.6) is 0 Å². The van der Waals surface area contributed by atoms with Crippen LogP contribution >= 0.6 is 0 Å². The zero-order chi connectivity index (χ0) is 16.1. The van der Waals surface area contributed by atoms with Gasteiger partial charge in [-0.2, -0.15) is 0 Å². The molecule has 1 aromatic rings. The van der Waals surface area contributed by atoms with Gasteiger partial charge in [0.15, 0.2) is 0 Å². The summed E-state index contributed by atoms with van der Waals surface area (Å²) in [6, 6.07) is 4.28. The Morgan fingerprint density at radius 3 is 2.59 bits per heavy atom. The van der Waals surface area contributed by atoms with Crippen molar-refractivity contribution in [1.82, 2.24) is 10.2 Å². The van der Waals surface area contributed by atoms with E-state index in [1.807, 2.05) is 0 Å². The second kappa shape index (κ2) is 7.02. The van der Waals surface area contributed by atoms with Gasteiger partial charge < -0.3 is 10.2 Å². The monoisotopic (exact) mass is 305 g/mol. The van der Waals surface area contributed by atoms with Crippen molar-refractivity contribution in [3.63, 3.8) is 0 Å². The third-order valence-electron chi connectivity index (χ3n) is 3.78. The Balaban J connectivity index is 1.96. The van der Waals surface area contributed by atoms with Crippen molar-refractivity contribution in [3.8, 4) is 0 Å². The second-order valence-electron chi connectivity index (χ2n) is 5.38. The molecule has 0 unspecified atom stereocenters. The van der Waals surface area contributed by atoms with Crippen molar-refractivity contribution < 1.29 is 14.5 Å². The van der Waals surface area contributed by atoms with E-state index in [1.54, 1.807) is 11.8 Å². The number of likely N-dealkylation sites (tertiary alicyclic amines) is 1. The number of aryl methyl sites for hydroxylation is 1. The summed E-state index contributed by atoms with van der Waals surface area (Å²) in [7, 11) is 0. The normalized spacial score (nSPS) is 14.5. The summed E-state index contributed by atoms with van der Waals surface area (Å²) in [5.41, 5.74) is 0.574. The Bertz CT molecular complexity index is 594. The quantitative estimate of drug-likeness (QED) is 0.676. The van der Waals surface area contributed by atoms with E-state index >= 15 is 0 Å². The smallest absolute Gasteiger partial charge is 0.273 e. The molecule has 0 radical (unpaired) electrons. The molecule has 118 valence electrons. The van der Waals surface area contributed by atoms with Crippen LogP contribution in [-0.2, 0) is 4.79 Å². The van der Waals surface area contributed by atoms with Gasteiger partial charge in [-0.3, -0.25) is 19.7 Å². The molecule has 1 aliphatic heterocycles. The molecule has 7 heteroatoms. The topological polar surface area (TPSA) is 92.6 Å². The highest BCUT2D eigenvalue weighted by atomic mass is 16.6. The highest BCUT2D eigenvalue weighted by Gasteiger charge is 2.18. The predicted octanol–water partition coefficient (Wildman–Crippen LogP) is 1.65. The fraction of sp³-hybridized carbons (Fsp3) is 0.467. The lowest BCUT2D eigenvalue weighted by molar-refractivity contribution is -0.385. The molecule has 7 nitrogen and oxygen atoms in total. The first-order valence-electron chi connectivity index (χ1n) is 7.30. The Labute approximate surface area is 128 Å². The van der Waals surface area contributed by atoms with E-state index in [4.69, 9.17) is 0 Å². The van der Waals surface area contributed by atoms with E-state index in [-0.39, 0.29) is 23.7 Å². The van der Waals surface area contributed by atoms with Crippen LogP contribution in [0.25, 0.3) is 0 Å². The standard InChI is InChI=1S/C15H19N3O4/c1-11-5-6-12(9-13(11)18(21)22)15(20)16-10-14(19)17-7-3-2-4-8-17/h5-6,9H,2-4,7-8,10H2,1H3,(H,16,20). The number of hydrogen-bond donors (Lipinski definition) is 1. The molecule has 0 spiro atoms. The lowest BCUT2D eigenvalue weighted by Gasteiger charge is -2.26. The van der Waals surface area contributed by atoms with Gasteiger partial charge in [-0.1, -0.05) is 6.07 Å². The summed E-state index contributed by atoms with van der Waals surface area (Å²) in [4.78, 5) is 36.1. The molecule has 0 bridgehead atoms. The van der Waals surface area contributed by atoms with Gasteiger partial charge in [-0.15, -0.1) is 0 Å². The number of amides is 2. The van der Waals surface area contributed by atoms with E-state index in [0.29, 0.717) is 5.56 Å². The third kappa shape index (κ3) is 3.81. The van der Waals surface area contributed by atoms with E-state index in [2.05, 4.69) is 5.32 Å². The summed E-state index contributed by atoms with van der Waals surface area (Å²) < 4.78 is 0. The molecular formula is C15H19N3O4. The number of nitrogens with one attached hydrogen (secondary N) is 1. The highest BCUT2D eigenvalue weighted by Crippen LogP contribution is 2.19. The van der Waals surface area contributed by atoms with E-state index in [9.17, 15) is 19.7 Å². The minimum absolute atomic E-state index is 0.0828. The molecule has 1 N–H and O–H groups in total. The first kappa shape index (κ1) is 15.9. The van der Waals surface area contributed by atoms with Gasteiger partial charge in [0.2, 0.25) is 5.91 Å². The van der Waals surface area contributed by atoms with Crippen LogP contribution in [-0.4, -0.2) is 41.3 Å². The maximum atomic E-state index is 12.0. The number of nitro groups is 1. The molecule has 22 heavy (non-hydrogen) atoms. The van der Waals surface area contributed by atoms with Crippen LogP contribution in [0.1, 0.15) is 35.2 Å². The van der Waals surface area contributed by atoms with Crippen molar-refractivity contribution >= 4 is 17.5 Å². The lowest BCUT2D eigenvalue weighted by atomic mass is 10.1. The van der Waals surface area contributed by atoms with Gasteiger partial charge in [0, 0.05) is 30.3 Å². The van der Waals surface area contributed by atoms with Gasteiger partial charge in [-0.25, -0.2) is 0 Å². The number of nitrogens with zero attached hydrogens (tertiary/aromatic N) is 2. The summed E-state index contributed by atoms with van der Waals surface area (Å²) in [6.07, 6.45) is 3.11. The van der Waals surface area contributed by atoms with Crippen molar-refractivity contribution in [2.24, 2.45) is 0 Å². The average molecular weight is 305 g/mol. The first-order chi connectivity index (χ1) is 10.5. The SMILES string of the molecule is Cc1ccc(C(=O)NCC(=O)N2CCCCC2)cc1[N+](=O)[O-]. The van der Waals surface area contributed by atoms with E-state index in [0.717, 1.165) is 32.4 Å². The maximum Gasteiger partial charge on any atom is 0.273 e. The number of piperidine rings is 1. The molecule has 0 aromatic heterocycles. The molecule has 2 rings (SSSR count). The van der Waals surface area contributed by atoms with Crippen LogP contribution in [0.15, 0.2) is 18.2 Å². The number of benzene rings is 1. The molecule has 1 aromatic carbocycles. The third-order valence-corrected chi connectivity index (χ3v) is 3.78. The van der Waals surface area contributed by atoms with Crippen LogP contribution in [0.2, 0.25) is 0 Å². The maximum absolute atomic E-state index is 12.0. The molecule has 0 atom stereocenters. The number of nitro benzene ring substituents is 1. The summed E-state index contributed by atoms with van der Waals surface area (Å²) >= 11 is 0. The molecule has 0 saturated carbocycles. The lowest BCUT2D eigenvalue weighted by Crippen LogP contribution is -2.42. The summed E-state index contributed by atoms with van der Waals surface area (Å²) in [5.74, 6) is -0.594. The summed E-state index contributed by atoms with van der Waals surface area (Å²) in [6.45, 7) is 2.98. The Hall–Kier alpha value is -2.44. The van der Waals surface area contributed by atoms with Crippen molar-refractivity contribution in [3.05, 3.63) is 39.4 Å². The number of hydrogen-bond acceptors (Lipinski definition) is 4. The predicted molar refractivity (Wildman–Crippen MR) is 80.6 cm³/mol. The molecular weight excluding hydrogens is 286 g/mol. The number of rotatable bonds is 4. The van der Waals surface area contributed by atoms with Crippen LogP contribution in [0.4, 0.5) is 5.69 Å². The molecule has 0 aliphatic carbocycles. The molecule has 1 heterocycles. The Kier molecular flexibility index (Phi) is 5.08. The van der Waals surface area contributed by atoms with Crippen molar-refractivity contribution in [2.75, 3.05) is 19.6 Å². The fourth-order valence-corrected chi connectivity index (χ4v) is 2.46. The first-order valence-corrected chi connectivity index (χ1v) is 7.30. The van der Waals surface area contributed by atoms with Crippen molar-refractivity contribution in [2.45, 2.75) is 26.2 Å². The molecule has 1 saturated heterocycles. The zero-order valence-corrected chi connectivity index (χ0v) is 12.5. The fourth-order valence-electron chi connectivity index (χ4n) is 2.46. The molecule has 2 amide bonds. The van der Waals surface area contributed by atoms with Crippen molar-refractivity contribution in [1.29, 1.82) is 0 Å². The van der Waals surface area contributed by atoms with Gasteiger partial charge in [0.05, 0.1) is 11.5 Å². The molecule has 1 fully saturated rings. The number of carbonyl (C=O) groups is 2. The van der Waals surface area contributed by atoms with Gasteiger partial charge in [0.1, 0.15) is 0 Å². The minimum atomic E-state index is -0.523. The van der Waals surface area contributed by atoms with Gasteiger partial charge in [0.25, 0.3) is 11.6 Å².